The summed E-state index contributed by atoms with van der Waals surface area (Å²) < 4.78 is 10.2. The third-order valence-electron chi connectivity index (χ3n) is 2.07. The average molecular weight is 206 g/mol. The number of hydrogen-bond acceptors (Lipinski definition) is 4. The average Bonchev–Trinajstić information content (AvgIpc) is 2.28. The van der Waals surface area contributed by atoms with Crippen LogP contribution >= 0.6 is 0 Å². The Morgan fingerprint density at radius 3 is 2.53 bits per heavy atom. The first-order chi connectivity index (χ1) is 7.21. The number of rotatable bonds is 4. The molecule has 0 aromatic heterocycles. The first kappa shape index (κ1) is 11.3. The number of hydrogen-bond donors (Lipinski definition) is 1. The van der Waals surface area contributed by atoms with Gasteiger partial charge in [0.25, 0.3) is 0 Å². The fourth-order valence-electron chi connectivity index (χ4n) is 1.31. The van der Waals surface area contributed by atoms with Crippen LogP contribution in [0.3, 0.4) is 0 Å². The lowest BCUT2D eigenvalue weighted by atomic mass is 10.1. The van der Waals surface area contributed by atoms with Gasteiger partial charge >= 0.3 is 0 Å². The summed E-state index contributed by atoms with van der Waals surface area (Å²) in [5, 5.41) is 8.59. The van der Waals surface area contributed by atoms with Crippen molar-refractivity contribution in [3.8, 4) is 17.6 Å². The van der Waals surface area contributed by atoms with E-state index in [1.54, 1.807) is 20.3 Å². The highest BCUT2D eigenvalue weighted by Gasteiger charge is 2.07. The third kappa shape index (κ3) is 2.86. The standard InChI is InChI=1S/C11H14N2O2/c1-14-10-4-3-8(5-9(13)7-12)6-11(10)15-2/h3-4,6,9H,5,13H2,1-2H3. The zero-order valence-electron chi connectivity index (χ0n) is 8.86. The molecule has 1 aromatic rings. The van der Waals surface area contributed by atoms with Gasteiger partial charge < -0.3 is 15.2 Å². The minimum atomic E-state index is -0.483. The molecule has 0 aliphatic carbocycles. The second-order valence-electron chi connectivity index (χ2n) is 3.13. The van der Waals surface area contributed by atoms with E-state index in [9.17, 15) is 0 Å². The molecule has 0 bridgehead atoms. The summed E-state index contributed by atoms with van der Waals surface area (Å²) >= 11 is 0. The molecule has 1 unspecified atom stereocenters. The Labute approximate surface area is 89.2 Å². The van der Waals surface area contributed by atoms with Gasteiger partial charge in [-0.15, -0.1) is 0 Å². The van der Waals surface area contributed by atoms with E-state index in [2.05, 4.69) is 0 Å². The quantitative estimate of drug-likeness (QED) is 0.800. The summed E-state index contributed by atoms with van der Waals surface area (Å²) in [6.07, 6.45) is 0.511. The Kier molecular flexibility index (Phi) is 3.95. The van der Waals surface area contributed by atoms with Crippen molar-refractivity contribution in [1.82, 2.24) is 0 Å². The van der Waals surface area contributed by atoms with Crippen LogP contribution in [-0.2, 0) is 6.42 Å². The number of methoxy groups -OCH3 is 2. The van der Waals surface area contributed by atoms with E-state index >= 15 is 0 Å². The van der Waals surface area contributed by atoms with E-state index in [0.717, 1.165) is 5.56 Å². The topological polar surface area (TPSA) is 68.3 Å². The zero-order chi connectivity index (χ0) is 11.3. The Morgan fingerprint density at radius 2 is 2.00 bits per heavy atom. The van der Waals surface area contributed by atoms with E-state index in [1.165, 1.54) is 0 Å². The van der Waals surface area contributed by atoms with Gasteiger partial charge in [-0.2, -0.15) is 5.26 Å². The molecule has 0 aliphatic rings. The number of nitrogens with zero attached hydrogens (tertiary/aromatic N) is 1. The van der Waals surface area contributed by atoms with Crippen LogP contribution in [0.5, 0.6) is 11.5 Å². The molecule has 4 heteroatoms. The first-order valence-electron chi connectivity index (χ1n) is 4.57. The van der Waals surface area contributed by atoms with E-state index in [1.807, 2.05) is 18.2 Å². The highest BCUT2D eigenvalue weighted by atomic mass is 16.5. The third-order valence-corrected chi connectivity index (χ3v) is 2.07. The summed E-state index contributed by atoms with van der Waals surface area (Å²) in [6.45, 7) is 0. The molecule has 15 heavy (non-hydrogen) atoms. The van der Waals surface area contributed by atoms with E-state index in [-0.39, 0.29) is 0 Å². The number of ether oxygens (including phenoxy) is 2. The van der Waals surface area contributed by atoms with Crippen molar-refractivity contribution in [2.75, 3.05) is 14.2 Å². The van der Waals surface area contributed by atoms with Crippen molar-refractivity contribution in [2.24, 2.45) is 5.73 Å². The molecule has 1 rings (SSSR count). The maximum absolute atomic E-state index is 8.59. The summed E-state index contributed by atoms with van der Waals surface area (Å²) in [4.78, 5) is 0. The minimum Gasteiger partial charge on any atom is -0.493 e. The Morgan fingerprint density at radius 1 is 1.33 bits per heavy atom. The van der Waals surface area contributed by atoms with Crippen LogP contribution in [0, 0.1) is 11.3 Å². The summed E-state index contributed by atoms with van der Waals surface area (Å²) in [6, 6.07) is 7.01. The second-order valence-corrected chi connectivity index (χ2v) is 3.13. The predicted octanol–water partition coefficient (Wildman–Crippen LogP) is 1.10. The van der Waals surface area contributed by atoms with E-state index in [4.69, 9.17) is 20.5 Å². The fraction of sp³-hybridized carbons (Fsp3) is 0.364. The molecule has 0 heterocycles. The second kappa shape index (κ2) is 5.23. The van der Waals surface area contributed by atoms with Crippen molar-refractivity contribution < 1.29 is 9.47 Å². The van der Waals surface area contributed by atoms with Crippen LogP contribution in [0.15, 0.2) is 18.2 Å². The highest BCUT2D eigenvalue weighted by molar-refractivity contribution is 5.43. The molecule has 1 aromatic carbocycles. The van der Waals surface area contributed by atoms with Crippen LogP contribution in [0.2, 0.25) is 0 Å². The normalized spacial score (nSPS) is 11.6. The van der Waals surface area contributed by atoms with Crippen LogP contribution in [0.1, 0.15) is 5.56 Å². The van der Waals surface area contributed by atoms with Crippen molar-refractivity contribution >= 4 is 0 Å². The van der Waals surface area contributed by atoms with E-state index in [0.29, 0.717) is 17.9 Å². The first-order valence-corrected chi connectivity index (χ1v) is 4.57. The van der Waals surface area contributed by atoms with Crippen LogP contribution in [0.4, 0.5) is 0 Å². The smallest absolute Gasteiger partial charge is 0.160 e. The van der Waals surface area contributed by atoms with Gasteiger partial charge in [-0.1, -0.05) is 6.07 Å². The van der Waals surface area contributed by atoms with Crippen molar-refractivity contribution in [3.05, 3.63) is 23.8 Å². The molecule has 0 radical (unpaired) electrons. The van der Waals surface area contributed by atoms with Gasteiger partial charge in [0.1, 0.15) is 0 Å². The summed E-state index contributed by atoms with van der Waals surface area (Å²) in [5.74, 6) is 1.33. The lowest BCUT2D eigenvalue weighted by Crippen LogP contribution is -2.20. The van der Waals surface area contributed by atoms with Gasteiger partial charge in [0, 0.05) is 6.42 Å². The number of benzene rings is 1. The summed E-state index contributed by atoms with van der Waals surface area (Å²) in [7, 11) is 3.16. The van der Waals surface area contributed by atoms with E-state index < -0.39 is 6.04 Å². The molecule has 0 aliphatic heterocycles. The molecule has 4 nitrogen and oxygen atoms in total. The maximum Gasteiger partial charge on any atom is 0.160 e. The summed E-state index contributed by atoms with van der Waals surface area (Å²) in [5.41, 5.74) is 6.49. The van der Waals surface area contributed by atoms with Gasteiger partial charge in [0.15, 0.2) is 11.5 Å². The Balaban J connectivity index is 2.89. The van der Waals surface area contributed by atoms with Crippen molar-refractivity contribution in [3.63, 3.8) is 0 Å². The van der Waals surface area contributed by atoms with Gasteiger partial charge in [-0.05, 0) is 17.7 Å². The van der Waals surface area contributed by atoms with Gasteiger partial charge in [-0.25, -0.2) is 0 Å². The minimum absolute atomic E-state index is 0.483. The molecule has 1 atom stereocenters. The SMILES string of the molecule is COc1ccc(CC(N)C#N)cc1OC. The van der Waals surface area contributed by atoms with Gasteiger partial charge in [0.05, 0.1) is 26.3 Å². The molecule has 0 saturated carbocycles. The van der Waals surface area contributed by atoms with Crippen molar-refractivity contribution in [2.45, 2.75) is 12.5 Å². The Bertz CT molecular complexity index is 371. The molecule has 0 spiro atoms. The molecular weight excluding hydrogens is 192 g/mol. The van der Waals surface area contributed by atoms with Crippen LogP contribution in [0.25, 0.3) is 0 Å². The van der Waals surface area contributed by atoms with Gasteiger partial charge in [0.2, 0.25) is 0 Å². The van der Waals surface area contributed by atoms with Crippen molar-refractivity contribution in [1.29, 1.82) is 5.26 Å². The van der Waals surface area contributed by atoms with Crippen LogP contribution in [-0.4, -0.2) is 20.3 Å². The maximum atomic E-state index is 8.59. The lowest BCUT2D eigenvalue weighted by Gasteiger charge is -2.09. The highest BCUT2D eigenvalue weighted by Crippen LogP contribution is 2.27. The monoisotopic (exact) mass is 206 g/mol. The molecule has 0 saturated heterocycles. The predicted molar refractivity (Wildman–Crippen MR) is 56.8 cm³/mol. The Hall–Kier alpha value is -1.73. The van der Waals surface area contributed by atoms with Gasteiger partial charge in [-0.3, -0.25) is 0 Å². The molecule has 0 amide bonds. The number of nitrogens with two attached hydrogens (primary N) is 1. The molecule has 0 fully saturated rings. The lowest BCUT2D eigenvalue weighted by molar-refractivity contribution is 0.354. The molecule has 80 valence electrons. The van der Waals surface area contributed by atoms with Crippen LogP contribution < -0.4 is 15.2 Å². The largest absolute Gasteiger partial charge is 0.493 e. The fourth-order valence-corrected chi connectivity index (χ4v) is 1.31. The molecule has 2 N–H and O–H groups in total. The number of nitriles is 1. The zero-order valence-corrected chi connectivity index (χ0v) is 8.86. The molecular formula is C11H14N2O2.